The highest BCUT2D eigenvalue weighted by atomic mass is 35.5. The van der Waals surface area contributed by atoms with Crippen molar-refractivity contribution in [2.75, 3.05) is 7.05 Å². The van der Waals surface area contributed by atoms with E-state index in [1.807, 2.05) is 48.3 Å². The molecular weight excluding hydrogens is 445 g/mol. The van der Waals surface area contributed by atoms with E-state index >= 15 is 0 Å². The zero-order chi connectivity index (χ0) is 20.7. The molecule has 1 aromatic heterocycles. The molecule has 1 aliphatic rings. The quantitative estimate of drug-likeness (QED) is 0.378. The number of hydrogen-bond donors (Lipinski definition) is 0. The van der Waals surface area contributed by atoms with Gasteiger partial charge >= 0.3 is 0 Å². The van der Waals surface area contributed by atoms with Crippen LogP contribution in [0.3, 0.4) is 0 Å². The molecule has 1 amide bonds. The van der Waals surface area contributed by atoms with Crippen LogP contribution in [-0.4, -0.2) is 17.9 Å². The average Bonchev–Trinajstić information content (AvgIpc) is 3.48. The Hall–Kier alpha value is -1.52. The highest BCUT2D eigenvalue weighted by Gasteiger charge is 2.32. The van der Waals surface area contributed by atoms with Crippen LogP contribution in [0.1, 0.15) is 23.3 Å². The summed E-state index contributed by atoms with van der Waals surface area (Å²) in [7, 11) is 1.89. The Kier molecular flexibility index (Phi) is 5.94. The fraction of sp³-hybridized carbons (Fsp3) is 0.261. The van der Waals surface area contributed by atoms with Gasteiger partial charge in [-0.3, -0.25) is 4.79 Å². The maximum Gasteiger partial charge on any atom is 0.225 e. The average molecular weight is 465 g/mol. The van der Waals surface area contributed by atoms with Gasteiger partial charge in [-0.1, -0.05) is 53.0 Å². The summed E-state index contributed by atoms with van der Waals surface area (Å²) >= 11 is 20.5. The SMILES string of the molecule is Cc1c(CN(C)C(=O)C2CC2)sc(-c2ccc(Cl)cc2Cl)c1-c1ccc(Cl)cc1. The molecule has 0 unspecified atom stereocenters. The fourth-order valence-electron chi connectivity index (χ4n) is 3.47. The van der Waals surface area contributed by atoms with Gasteiger partial charge in [0.15, 0.2) is 0 Å². The topological polar surface area (TPSA) is 20.3 Å². The highest BCUT2D eigenvalue weighted by molar-refractivity contribution is 7.16. The number of nitrogens with zero attached hydrogens (tertiary/aromatic N) is 1. The molecule has 0 spiro atoms. The molecule has 1 fully saturated rings. The molecule has 6 heteroatoms. The largest absolute Gasteiger partial charge is 0.340 e. The predicted octanol–water partition coefficient (Wildman–Crippen LogP) is 7.72. The van der Waals surface area contributed by atoms with Gasteiger partial charge in [0.05, 0.1) is 11.6 Å². The molecular formula is C23H20Cl3NOS. The van der Waals surface area contributed by atoms with Crippen molar-refractivity contribution in [2.24, 2.45) is 5.92 Å². The van der Waals surface area contributed by atoms with Crippen LogP contribution in [0.5, 0.6) is 0 Å². The van der Waals surface area contributed by atoms with E-state index in [0.717, 1.165) is 44.8 Å². The maximum absolute atomic E-state index is 12.5. The third-order valence-electron chi connectivity index (χ3n) is 5.24. The van der Waals surface area contributed by atoms with Gasteiger partial charge in [-0.25, -0.2) is 0 Å². The highest BCUT2D eigenvalue weighted by Crippen LogP contribution is 2.46. The molecule has 0 radical (unpaired) electrons. The van der Waals surface area contributed by atoms with E-state index in [2.05, 4.69) is 6.92 Å². The van der Waals surface area contributed by atoms with Crippen LogP contribution in [0.4, 0.5) is 0 Å². The van der Waals surface area contributed by atoms with E-state index in [9.17, 15) is 4.79 Å². The van der Waals surface area contributed by atoms with Crippen molar-refractivity contribution in [3.05, 3.63) is 68.0 Å². The minimum absolute atomic E-state index is 0.209. The molecule has 4 rings (SSSR count). The Morgan fingerprint density at radius 3 is 2.34 bits per heavy atom. The van der Waals surface area contributed by atoms with Crippen molar-refractivity contribution in [1.82, 2.24) is 4.90 Å². The van der Waals surface area contributed by atoms with E-state index in [1.165, 1.54) is 0 Å². The number of hydrogen-bond acceptors (Lipinski definition) is 2. The third kappa shape index (κ3) is 4.34. The van der Waals surface area contributed by atoms with Crippen molar-refractivity contribution in [1.29, 1.82) is 0 Å². The maximum atomic E-state index is 12.5. The standard InChI is InChI=1S/C23H20Cl3NOS/c1-13-20(12-27(2)23(28)15-3-4-15)29-22(18-10-9-17(25)11-19(18)26)21(13)14-5-7-16(24)8-6-14/h5-11,15H,3-4,12H2,1-2H3. The van der Waals surface area contributed by atoms with Gasteiger partial charge in [-0.2, -0.15) is 0 Å². The molecule has 2 nitrogen and oxygen atoms in total. The Bertz CT molecular complexity index is 1070. The number of halogens is 3. The van der Waals surface area contributed by atoms with Crippen LogP contribution in [0.2, 0.25) is 15.1 Å². The Morgan fingerprint density at radius 1 is 1.07 bits per heavy atom. The monoisotopic (exact) mass is 463 g/mol. The van der Waals surface area contributed by atoms with E-state index in [4.69, 9.17) is 34.8 Å². The first-order chi connectivity index (χ1) is 13.8. The molecule has 1 aliphatic carbocycles. The lowest BCUT2D eigenvalue weighted by atomic mass is 9.98. The predicted molar refractivity (Wildman–Crippen MR) is 124 cm³/mol. The van der Waals surface area contributed by atoms with Crippen molar-refractivity contribution in [3.8, 4) is 21.6 Å². The van der Waals surface area contributed by atoms with Gasteiger partial charge in [-0.15, -0.1) is 11.3 Å². The van der Waals surface area contributed by atoms with Gasteiger partial charge in [0.1, 0.15) is 0 Å². The molecule has 3 aromatic rings. The molecule has 0 aliphatic heterocycles. The number of amides is 1. The Morgan fingerprint density at radius 2 is 1.72 bits per heavy atom. The minimum Gasteiger partial charge on any atom is -0.340 e. The summed E-state index contributed by atoms with van der Waals surface area (Å²) in [4.78, 5) is 16.5. The van der Waals surface area contributed by atoms with Crippen LogP contribution < -0.4 is 0 Å². The zero-order valence-electron chi connectivity index (χ0n) is 16.1. The first kappa shape index (κ1) is 20.7. The van der Waals surface area contributed by atoms with Crippen molar-refractivity contribution in [2.45, 2.75) is 26.3 Å². The lowest BCUT2D eigenvalue weighted by Crippen LogP contribution is -2.27. The normalized spacial score (nSPS) is 13.6. The summed E-state index contributed by atoms with van der Waals surface area (Å²) in [5, 5.41) is 1.92. The summed E-state index contributed by atoms with van der Waals surface area (Å²) < 4.78 is 0. The second-order valence-electron chi connectivity index (χ2n) is 7.45. The summed E-state index contributed by atoms with van der Waals surface area (Å²) in [6.45, 7) is 2.70. The number of rotatable bonds is 5. The summed E-state index contributed by atoms with van der Waals surface area (Å²) in [5.74, 6) is 0.443. The van der Waals surface area contributed by atoms with Crippen LogP contribution in [-0.2, 0) is 11.3 Å². The summed E-state index contributed by atoms with van der Waals surface area (Å²) in [5.41, 5.74) is 4.30. The van der Waals surface area contributed by atoms with Crippen LogP contribution >= 0.6 is 46.1 Å². The zero-order valence-corrected chi connectivity index (χ0v) is 19.2. The molecule has 29 heavy (non-hydrogen) atoms. The number of carbonyl (C=O) groups excluding carboxylic acids is 1. The first-order valence-corrected chi connectivity index (χ1v) is 11.4. The first-order valence-electron chi connectivity index (χ1n) is 9.43. The van der Waals surface area contributed by atoms with Gasteiger partial charge in [-0.05, 0) is 55.2 Å². The second-order valence-corrected chi connectivity index (χ2v) is 9.84. The molecule has 2 aromatic carbocycles. The van der Waals surface area contributed by atoms with E-state index in [-0.39, 0.29) is 11.8 Å². The Labute approximate surface area is 190 Å². The van der Waals surface area contributed by atoms with Gasteiger partial charge < -0.3 is 4.90 Å². The van der Waals surface area contributed by atoms with Gasteiger partial charge in [0.25, 0.3) is 0 Å². The Balaban J connectivity index is 1.81. The number of carbonyl (C=O) groups is 1. The minimum atomic E-state index is 0.209. The van der Waals surface area contributed by atoms with Gasteiger partial charge in [0.2, 0.25) is 5.91 Å². The van der Waals surface area contributed by atoms with Crippen molar-refractivity contribution < 1.29 is 4.79 Å². The second kappa shape index (κ2) is 8.31. The summed E-state index contributed by atoms with van der Waals surface area (Å²) in [6.07, 6.45) is 2.02. The van der Waals surface area contributed by atoms with Crippen LogP contribution in [0.15, 0.2) is 42.5 Å². The molecule has 0 N–H and O–H groups in total. The number of thiophene rings is 1. The lowest BCUT2D eigenvalue weighted by Gasteiger charge is -2.16. The van der Waals surface area contributed by atoms with Crippen LogP contribution in [0.25, 0.3) is 21.6 Å². The van der Waals surface area contributed by atoms with E-state index < -0.39 is 0 Å². The van der Waals surface area contributed by atoms with Crippen molar-refractivity contribution >= 4 is 52.0 Å². The van der Waals surface area contributed by atoms with Crippen LogP contribution in [0, 0.1) is 12.8 Å². The molecule has 0 atom stereocenters. The molecule has 0 saturated heterocycles. The van der Waals surface area contributed by atoms with Crippen molar-refractivity contribution in [3.63, 3.8) is 0 Å². The van der Waals surface area contributed by atoms with Gasteiger partial charge in [0, 0.05) is 43.9 Å². The molecule has 1 saturated carbocycles. The summed E-state index contributed by atoms with van der Waals surface area (Å²) in [6, 6.07) is 13.4. The third-order valence-corrected chi connectivity index (χ3v) is 7.35. The fourth-order valence-corrected chi connectivity index (χ4v) is 5.58. The lowest BCUT2D eigenvalue weighted by molar-refractivity contribution is -0.131. The van der Waals surface area contributed by atoms with E-state index in [0.29, 0.717) is 21.6 Å². The molecule has 150 valence electrons. The number of benzene rings is 2. The smallest absolute Gasteiger partial charge is 0.225 e. The van der Waals surface area contributed by atoms with E-state index in [1.54, 1.807) is 17.4 Å². The molecule has 1 heterocycles. The molecule has 0 bridgehead atoms.